The number of hydrogen-bond donors (Lipinski definition) is 1. The molecule has 1 N–H and O–H groups in total. The molecule has 2 nitrogen and oxygen atoms in total. The lowest BCUT2D eigenvalue weighted by atomic mass is 9.86. The van der Waals surface area contributed by atoms with Crippen molar-refractivity contribution in [2.75, 3.05) is 0 Å². The lowest BCUT2D eigenvalue weighted by Gasteiger charge is -2.18. The number of nitrogens with one attached hydrogen (secondary N) is 1. The molecule has 0 spiro atoms. The van der Waals surface area contributed by atoms with Gasteiger partial charge in [0.15, 0.2) is 0 Å². The molecule has 0 fully saturated rings. The number of para-hydroxylation sites is 1. The van der Waals surface area contributed by atoms with Crippen molar-refractivity contribution < 1.29 is 4.42 Å². The van der Waals surface area contributed by atoms with E-state index in [1.54, 1.807) is 0 Å². The number of benzene rings is 1. The van der Waals surface area contributed by atoms with Crippen LogP contribution in [0.2, 0.25) is 0 Å². The van der Waals surface area contributed by atoms with Gasteiger partial charge in [0.25, 0.3) is 0 Å². The molecule has 2 heteroatoms. The topological polar surface area (TPSA) is 25.2 Å². The Morgan fingerprint density at radius 2 is 1.94 bits per heavy atom. The van der Waals surface area contributed by atoms with Gasteiger partial charge in [-0.05, 0) is 11.5 Å². The Hall–Kier alpha value is -1.28. The highest BCUT2D eigenvalue weighted by atomic mass is 16.3. The molecule has 1 aromatic heterocycles. The van der Waals surface area contributed by atoms with Crippen molar-refractivity contribution in [3.05, 3.63) is 35.6 Å². The number of rotatable bonds is 3. The van der Waals surface area contributed by atoms with Crippen molar-refractivity contribution in [1.82, 2.24) is 5.32 Å². The molecule has 0 radical (unpaired) electrons. The maximum absolute atomic E-state index is 6.01. The summed E-state index contributed by atoms with van der Waals surface area (Å²) in [6.45, 7) is 11.7. The first-order valence-corrected chi connectivity index (χ1v) is 6.63. The van der Waals surface area contributed by atoms with Gasteiger partial charge in [-0.15, -0.1) is 0 Å². The third-order valence-electron chi connectivity index (χ3n) is 3.09. The molecular formula is C16H23NO. The minimum absolute atomic E-state index is 0.111. The second-order valence-electron chi connectivity index (χ2n) is 6.22. The van der Waals surface area contributed by atoms with Crippen molar-refractivity contribution in [2.24, 2.45) is 0 Å². The summed E-state index contributed by atoms with van der Waals surface area (Å²) in [6, 6.07) is 9.00. The Labute approximate surface area is 109 Å². The predicted molar refractivity (Wildman–Crippen MR) is 76.9 cm³/mol. The van der Waals surface area contributed by atoms with Crippen LogP contribution in [0.25, 0.3) is 11.0 Å². The average molecular weight is 245 g/mol. The summed E-state index contributed by atoms with van der Waals surface area (Å²) < 4.78 is 6.01. The highest BCUT2D eigenvalue weighted by Gasteiger charge is 2.19. The fourth-order valence-corrected chi connectivity index (χ4v) is 2.10. The fraction of sp³-hybridized carbons (Fsp3) is 0.500. The number of fused-ring (bicyclic) bond motifs is 1. The van der Waals surface area contributed by atoms with Crippen LogP contribution >= 0.6 is 0 Å². The van der Waals surface area contributed by atoms with Crippen molar-refractivity contribution >= 4 is 11.0 Å². The van der Waals surface area contributed by atoms with Crippen molar-refractivity contribution in [2.45, 2.75) is 52.6 Å². The largest absolute Gasteiger partial charge is 0.459 e. The first-order valence-electron chi connectivity index (χ1n) is 6.63. The molecule has 0 aliphatic rings. The van der Waals surface area contributed by atoms with E-state index in [0.717, 1.165) is 17.9 Å². The van der Waals surface area contributed by atoms with Crippen molar-refractivity contribution in [3.63, 3.8) is 0 Å². The average Bonchev–Trinajstić information content (AvgIpc) is 2.66. The van der Waals surface area contributed by atoms with E-state index < -0.39 is 0 Å². The molecule has 0 bridgehead atoms. The lowest BCUT2D eigenvalue weighted by Crippen LogP contribution is -2.21. The van der Waals surface area contributed by atoms with Crippen LogP contribution in [0.5, 0.6) is 0 Å². The van der Waals surface area contributed by atoms with Crippen LogP contribution in [-0.2, 0) is 12.0 Å². The monoisotopic (exact) mass is 245 g/mol. The lowest BCUT2D eigenvalue weighted by molar-refractivity contribution is 0.480. The molecule has 0 unspecified atom stereocenters. The van der Waals surface area contributed by atoms with E-state index in [4.69, 9.17) is 4.42 Å². The summed E-state index contributed by atoms with van der Waals surface area (Å²) in [5.74, 6) is 1.01. The molecule has 98 valence electrons. The first kappa shape index (κ1) is 13.2. The molecule has 0 amide bonds. The Kier molecular flexibility index (Phi) is 3.49. The van der Waals surface area contributed by atoms with E-state index in [0.29, 0.717) is 6.04 Å². The second-order valence-corrected chi connectivity index (χ2v) is 6.22. The fourth-order valence-electron chi connectivity index (χ4n) is 2.10. The zero-order valence-electron chi connectivity index (χ0n) is 12.0. The molecule has 18 heavy (non-hydrogen) atoms. The van der Waals surface area contributed by atoms with E-state index in [2.05, 4.69) is 64.2 Å². The van der Waals surface area contributed by atoms with E-state index >= 15 is 0 Å². The quantitative estimate of drug-likeness (QED) is 0.875. The van der Waals surface area contributed by atoms with Crippen LogP contribution in [0, 0.1) is 0 Å². The van der Waals surface area contributed by atoms with Gasteiger partial charge < -0.3 is 9.73 Å². The maximum atomic E-state index is 6.01. The third-order valence-corrected chi connectivity index (χ3v) is 3.09. The minimum atomic E-state index is 0.111. The zero-order chi connectivity index (χ0) is 13.3. The molecule has 0 aliphatic carbocycles. The summed E-state index contributed by atoms with van der Waals surface area (Å²) in [5, 5.41) is 4.58. The third kappa shape index (κ3) is 2.75. The van der Waals surface area contributed by atoms with E-state index in [9.17, 15) is 0 Å². The van der Waals surface area contributed by atoms with E-state index in [1.807, 2.05) is 0 Å². The standard InChI is InChI=1S/C16H23NO/c1-11(2)17-10-13-9-12-7-6-8-14(15(12)18-13)16(3,4)5/h6-9,11,17H,10H2,1-5H3. The Bertz CT molecular complexity index is 532. The van der Waals surface area contributed by atoms with Gasteiger partial charge in [0, 0.05) is 17.0 Å². The summed E-state index contributed by atoms with van der Waals surface area (Å²) in [5.41, 5.74) is 2.42. The van der Waals surface area contributed by atoms with Gasteiger partial charge in [-0.2, -0.15) is 0 Å². The van der Waals surface area contributed by atoms with Crippen LogP contribution in [0.15, 0.2) is 28.7 Å². The highest BCUT2D eigenvalue weighted by molar-refractivity contribution is 5.82. The zero-order valence-corrected chi connectivity index (χ0v) is 12.0. The van der Waals surface area contributed by atoms with Gasteiger partial charge in [-0.1, -0.05) is 52.8 Å². The van der Waals surface area contributed by atoms with E-state index in [1.165, 1.54) is 10.9 Å². The van der Waals surface area contributed by atoms with Gasteiger partial charge in [0.05, 0.1) is 6.54 Å². The maximum Gasteiger partial charge on any atom is 0.138 e. The van der Waals surface area contributed by atoms with Crippen LogP contribution in [0.1, 0.15) is 45.9 Å². The smallest absolute Gasteiger partial charge is 0.138 e. The Morgan fingerprint density at radius 3 is 2.56 bits per heavy atom. The molecule has 2 rings (SSSR count). The molecule has 0 saturated heterocycles. The van der Waals surface area contributed by atoms with Gasteiger partial charge in [0.1, 0.15) is 11.3 Å². The van der Waals surface area contributed by atoms with Gasteiger partial charge in [-0.3, -0.25) is 0 Å². The summed E-state index contributed by atoms with van der Waals surface area (Å²) >= 11 is 0. The number of furan rings is 1. The first-order chi connectivity index (χ1) is 8.38. The van der Waals surface area contributed by atoms with Crippen LogP contribution in [0.3, 0.4) is 0 Å². The summed E-state index contributed by atoms with van der Waals surface area (Å²) in [6.07, 6.45) is 0. The van der Waals surface area contributed by atoms with Crippen molar-refractivity contribution in [1.29, 1.82) is 0 Å². The van der Waals surface area contributed by atoms with Gasteiger partial charge >= 0.3 is 0 Å². The van der Waals surface area contributed by atoms with Crippen LogP contribution < -0.4 is 5.32 Å². The van der Waals surface area contributed by atoms with Gasteiger partial charge in [0.2, 0.25) is 0 Å². The van der Waals surface area contributed by atoms with Crippen LogP contribution in [-0.4, -0.2) is 6.04 Å². The SMILES string of the molecule is CC(C)NCc1cc2cccc(C(C)(C)C)c2o1. The van der Waals surface area contributed by atoms with E-state index in [-0.39, 0.29) is 5.41 Å². The summed E-state index contributed by atoms with van der Waals surface area (Å²) in [4.78, 5) is 0. The Balaban J connectivity index is 2.39. The molecule has 0 atom stereocenters. The van der Waals surface area contributed by atoms with Crippen LogP contribution in [0.4, 0.5) is 0 Å². The molecular weight excluding hydrogens is 222 g/mol. The number of hydrogen-bond acceptors (Lipinski definition) is 2. The summed E-state index contributed by atoms with van der Waals surface area (Å²) in [7, 11) is 0. The normalized spacial score (nSPS) is 12.6. The molecule has 0 saturated carbocycles. The molecule has 1 aromatic carbocycles. The Morgan fingerprint density at radius 1 is 1.22 bits per heavy atom. The predicted octanol–water partition coefficient (Wildman–Crippen LogP) is 4.23. The highest BCUT2D eigenvalue weighted by Crippen LogP contribution is 2.31. The molecule has 2 aromatic rings. The second kappa shape index (κ2) is 4.77. The minimum Gasteiger partial charge on any atom is -0.459 e. The molecule has 0 aliphatic heterocycles. The van der Waals surface area contributed by atoms with Crippen molar-refractivity contribution in [3.8, 4) is 0 Å². The van der Waals surface area contributed by atoms with Gasteiger partial charge in [-0.25, -0.2) is 0 Å². The molecule has 1 heterocycles.